The normalized spacial score (nSPS) is 11.8. The molecule has 0 aliphatic heterocycles. The van der Waals surface area contributed by atoms with E-state index in [-0.39, 0.29) is 11.8 Å². The third-order valence-electron chi connectivity index (χ3n) is 5.57. The molecule has 0 spiro atoms. The van der Waals surface area contributed by atoms with E-state index in [0.29, 0.717) is 18.7 Å². The van der Waals surface area contributed by atoms with Crippen LogP contribution in [0.5, 0.6) is 11.5 Å². The summed E-state index contributed by atoms with van der Waals surface area (Å²) < 4.78 is 10.9. The van der Waals surface area contributed by atoms with Gasteiger partial charge < -0.3 is 19.8 Å². The molecular formula is C27H28N2O3. The van der Waals surface area contributed by atoms with Crippen molar-refractivity contribution in [2.24, 2.45) is 0 Å². The minimum absolute atomic E-state index is 0.00633. The lowest BCUT2D eigenvalue weighted by molar-refractivity contribution is 0.0952. The van der Waals surface area contributed by atoms with Crippen LogP contribution in [0.2, 0.25) is 0 Å². The third-order valence-corrected chi connectivity index (χ3v) is 5.57. The minimum atomic E-state index is -0.106. The number of fused-ring (bicyclic) bond motifs is 1. The quantitative estimate of drug-likeness (QED) is 0.369. The first-order valence-corrected chi connectivity index (χ1v) is 10.9. The third kappa shape index (κ3) is 4.78. The second-order valence-electron chi connectivity index (χ2n) is 7.70. The standard InChI is InChI=1S/C27H28N2O3/c1-3-16-32-22-14-10-20(11-15-22)27(30)29-17-24(19-8-12-21(31-2)13-9-19)25-18-28-26-7-5-4-6-23(25)26/h4-15,18,24,28H,3,16-17H2,1-2H3,(H,29,30)/t24-/m1/s1. The molecule has 1 heterocycles. The van der Waals surface area contributed by atoms with Gasteiger partial charge in [-0.05, 0) is 60.0 Å². The van der Waals surface area contributed by atoms with Crippen molar-refractivity contribution in [3.8, 4) is 11.5 Å². The van der Waals surface area contributed by atoms with Gasteiger partial charge in [0, 0.05) is 35.1 Å². The number of benzene rings is 3. The van der Waals surface area contributed by atoms with Gasteiger partial charge in [0.15, 0.2) is 0 Å². The Kier molecular flexibility index (Phi) is 6.75. The summed E-state index contributed by atoms with van der Waals surface area (Å²) >= 11 is 0. The lowest BCUT2D eigenvalue weighted by Gasteiger charge is -2.19. The molecule has 0 unspecified atom stereocenters. The summed E-state index contributed by atoms with van der Waals surface area (Å²) in [5.74, 6) is 1.47. The van der Waals surface area contributed by atoms with Gasteiger partial charge in [0.1, 0.15) is 11.5 Å². The average molecular weight is 429 g/mol. The summed E-state index contributed by atoms with van der Waals surface area (Å²) in [5, 5.41) is 4.27. The molecule has 0 fully saturated rings. The Morgan fingerprint density at radius 2 is 1.69 bits per heavy atom. The van der Waals surface area contributed by atoms with Gasteiger partial charge in [-0.2, -0.15) is 0 Å². The highest BCUT2D eigenvalue weighted by Crippen LogP contribution is 2.31. The molecular weight excluding hydrogens is 400 g/mol. The van der Waals surface area contributed by atoms with Crippen LogP contribution in [-0.4, -0.2) is 31.2 Å². The van der Waals surface area contributed by atoms with Crippen LogP contribution >= 0.6 is 0 Å². The zero-order valence-electron chi connectivity index (χ0n) is 18.4. The zero-order chi connectivity index (χ0) is 22.3. The molecule has 0 saturated carbocycles. The molecule has 5 nitrogen and oxygen atoms in total. The molecule has 164 valence electrons. The second kappa shape index (κ2) is 10.1. The molecule has 0 aliphatic carbocycles. The molecule has 3 aromatic carbocycles. The van der Waals surface area contributed by atoms with E-state index in [1.165, 1.54) is 0 Å². The Morgan fingerprint density at radius 3 is 2.41 bits per heavy atom. The monoisotopic (exact) mass is 428 g/mol. The van der Waals surface area contributed by atoms with Gasteiger partial charge in [-0.15, -0.1) is 0 Å². The van der Waals surface area contributed by atoms with E-state index in [4.69, 9.17) is 9.47 Å². The van der Waals surface area contributed by atoms with E-state index < -0.39 is 0 Å². The molecule has 0 bridgehead atoms. The first-order valence-electron chi connectivity index (χ1n) is 10.9. The van der Waals surface area contributed by atoms with E-state index in [0.717, 1.165) is 39.9 Å². The summed E-state index contributed by atoms with van der Waals surface area (Å²) in [6.45, 7) is 3.20. The number of nitrogens with one attached hydrogen (secondary N) is 2. The molecule has 0 saturated heterocycles. The van der Waals surface area contributed by atoms with Crippen molar-refractivity contribution < 1.29 is 14.3 Å². The van der Waals surface area contributed by atoms with Crippen molar-refractivity contribution in [3.05, 3.63) is 95.7 Å². The highest BCUT2D eigenvalue weighted by Gasteiger charge is 2.19. The Labute approximate surface area is 188 Å². The van der Waals surface area contributed by atoms with Crippen LogP contribution in [0.25, 0.3) is 10.9 Å². The Balaban J connectivity index is 1.56. The first-order chi connectivity index (χ1) is 15.7. The Hall–Kier alpha value is -3.73. The molecule has 1 aromatic heterocycles. The number of carbonyl (C=O) groups excluding carboxylic acids is 1. The van der Waals surface area contributed by atoms with Crippen LogP contribution in [0.15, 0.2) is 79.0 Å². The zero-order valence-corrected chi connectivity index (χ0v) is 18.4. The second-order valence-corrected chi connectivity index (χ2v) is 7.70. The number of carbonyl (C=O) groups is 1. The molecule has 4 rings (SSSR count). The number of hydrogen-bond acceptors (Lipinski definition) is 3. The molecule has 1 amide bonds. The summed E-state index contributed by atoms with van der Waals surface area (Å²) in [4.78, 5) is 16.2. The summed E-state index contributed by atoms with van der Waals surface area (Å²) in [5.41, 5.74) is 3.95. The van der Waals surface area contributed by atoms with Gasteiger partial charge in [0.05, 0.1) is 13.7 Å². The van der Waals surface area contributed by atoms with Crippen molar-refractivity contribution in [1.82, 2.24) is 10.3 Å². The smallest absolute Gasteiger partial charge is 0.251 e. The van der Waals surface area contributed by atoms with Crippen LogP contribution < -0.4 is 14.8 Å². The van der Waals surface area contributed by atoms with Gasteiger partial charge in [-0.1, -0.05) is 37.3 Å². The van der Waals surface area contributed by atoms with Crippen molar-refractivity contribution in [1.29, 1.82) is 0 Å². The van der Waals surface area contributed by atoms with Crippen LogP contribution in [0, 0.1) is 0 Å². The lowest BCUT2D eigenvalue weighted by atomic mass is 9.90. The molecule has 5 heteroatoms. The highest BCUT2D eigenvalue weighted by molar-refractivity contribution is 5.94. The number of aromatic nitrogens is 1. The van der Waals surface area contributed by atoms with E-state index in [9.17, 15) is 4.79 Å². The van der Waals surface area contributed by atoms with Crippen LogP contribution in [0.3, 0.4) is 0 Å². The largest absolute Gasteiger partial charge is 0.497 e. The van der Waals surface area contributed by atoms with Crippen LogP contribution in [0.1, 0.15) is 40.7 Å². The van der Waals surface area contributed by atoms with Gasteiger partial charge in [0.25, 0.3) is 5.91 Å². The average Bonchev–Trinajstić information content (AvgIpc) is 3.27. The van der Waals surface area contributed by atoms with Gasteiger partial charge in [0.2, 0.25) is 0 Å². The fourth-order valence-corrected chi connectivity index (χ4v) is 3.85. The molecule has 2 N–H and O–H groups in total. The van der Waals surface area contributed by atoms with Gasteiger partial charge in [-0.25, -0.2) is 0 Å². The number of ether oxygens (including phenoxy) is 2. The summed E-state index contributed by atoms with van der Waals surface area (Å²) in [6.07, 6.45) is 2.98. The minimum Gasteiger partial charge on any atom is -0.497 e. The van der Waals surface area contributed by atoms with Gasteiger partial charge in [-0.3, -0.25) is 4.79 Å². The Morgan fingerprint density at radius 1 is 0.969 bits per heavy atom. The number of amides is 1. The predicted molar refractivity (Wildman–Crippen MR) is 128 cm³/mol. The maximum atomic E-state index is 12.9. The van der Waals surface area contributed by atoms with Gasteiger partial charge >= 0.3 is 0 Å². The van der Waals surface area contributed by atoms with Crippen molar-refractivity contribution in [2.45, 2.75) is 19.3 Å². The highest BCUT2D eigenvalue weighted by atomic mass is 16.5. The lowest BCUT2D eigenvalue weighted by Crippen LogP contribution is -2.28. The predicted octanol–water partition coefficient (Wildman–Crippen LogP) is 5.53. The van der Waals surface area contributed by atoms with E-state index in [2.05, 4.69) is 41.5 Å². The fraction of sp³-hybridized carbons (Fsp3) is 0.222. The molecule has 4 aromatic rings. The van der Waals surface area contributed by atoms with E-state index >= 15 is 0 Å². The molecule has 0 radical (unpaired) electrons. The number of aromatic amines is 1. The van der Waals surface area contributed by atoms with Crippen molar-refractivity contribution >= 4 is 16.8 Å². The number of rotatable bonds is 9. The summed E-state index contributed by atoms with van der Waals surface area (Å²) in [6, 6.07) is 23.5. The van der Waals surface area contributed by atoms with Crippen molar-refractivity contribution in [3.63, 3.8) is 0 Å². The van der Waals surface area contributed by atoms with Crippen molar-refractivity contribution in [2.75, 3.05) is 20.3 Å². The maximum absolute atomic E-state index is 12.9. The molecule has 1 atom stereocenters. The topological polar surface area (TPSA) is 63.4 Å². The maximum Gasteiger partial charge on any atom is 0.251 e. The first kappa shape index (κ1) is 21.5. The molecule has 32 heavy (non-hydrogen) atoms. The molecule has 0 aliphatic rings. The van der Waals surface area contributed by atoms with E-state index in [1.54, 1.807) is 19.2 Å². The van der Waals surface area contributed by atoms with Crippen LogP contribution in [0.4, 0.5) is 0 Å². The number of para-hydroxylation sites is 1. The summed E-state index contributed by atoms with van der Waals surface area (Å²) in [7, 11) is 1.66. The number of hydrogen-bond donors (Lipinski definition) is 2. The van der Waals surface area contributed by atoms with E-state index in [1.807, 2.05) is 42.6 Å². The number of H-pyrrole nitrogens is 1. The fourth-order valence-electron chi connectivity index (χ4n) is 3.85. The SMILES string of the molecule is CCCOc1ccc(C(=O)NC[C@H](c2ccc(OC)cc2)c2c[nH]c3ccccc23)cc1. The Bertz CT molecular complexity index is 1160. The van der Waals surface area contributed by atoms with Crippen LogP contribution in [-0.2, 0) is 0 Å². The number of methoxy groups -OCH3 is 1.